The lowest BCUT2D eigenvalue weighted by atomic mass is 9.73. The fourth-order valence-corrected chi connectivity index (χ4v) is 3.54. The molecule has 0 unspecified atom stereocenters. The first-order valence-electron chi connectivity index (χ1n) is 8.05. The van der Waals surface area contributed by atoms with Gasteiger partial charge in [-0.15, -0.1) is 0 Å². The van der Waals surface area contributed by atoms with Crippen LogP contribution in [-0.4, -0.2) is 36.6 Å². The highest BCUT2D eigenvalue weighted by molar-refractivity contribution is 5.03. The molecule has 1 heterocycles. The molecular weight excluding hydrogens is 246 g/mol. The lowest BCUT2D eigenvalue weighted by Crippen LogP contribution is -2.44. The third kappa shape index (κ3) is 4.29. The van der Waals surface area contributed by atoms with Crippen molar-refractivity contribution in [1.82, 2.24) is 15.2 Å². The van der Waals surface area contributed by atoms with Gasteiger partial charge in [-0.3, -0.25) is 9.88 Å². The topological polar surface area (TPSA) is 28.2 Å². The average molecular weight is 275 g/mol. The minimum absolute atomic E-state index is 0.470. The second-order valence-electron chi connectivity index (χ2n) is 6.22. The summed E-state index contributed by atoms with van der Waals surface area (Å²) in [5, 5.41) is 3.43. The molecule has 112 valence electrons. The van der Waals surface area contributed by atoms with E-state index in [1.54, 1.807) is 0 Å². The summed E-state index contributed by atoms with van der Waals surface area (Å²) in [6.45, 7) is 6.68. The van der Waals surface area contributed by atoms with Gasteiger partial charge in [-0.05, 0) is 44.0 Å². The Morgan fingerprint density at radius 2 is 2.05 bits per heavy atom. The Morgan fingerprint density at radius 1 is 1.25 bits per heavy atom. The number of pyridine rings is 1. The van der Waals surface area contributed by atoms with Crippen molar-refractivity contribution in [3.63, 3.8) is 0 Å². The van der Waals surface area contributed by atoms with Crippen LogP contribution in [0.4, 0.5) is 0 Å². The largest absolute Gasteiger partial charge is 0.319 e. The summed E-state index contributed by atoms with van der Waals surface area (Å²) in [6, 6.07) is 6.21. The van der Waals surface area contributed by atoms with Gasteiger partial charge in [-0.1, -0.05) is 32.3 Å². The molecule has 1 aromatic heterocycles. The smallest absolute Gasteiger partial charge is 0.0543 e. The predicted molar refractivity (Wildman–Crippen MR) is 84.6 cm³/mol. The molecule has 0 radical (unpaired) electrons. The molecule has 3 heteroatoms. The molecule has 0 spiro atoms. The van der Waals surface area contributed by atoms with Gasteiger partial charge >= 0.3 is 0 Å². The van der Waals surface area contributed by atoms with E-state index in [1.165, 1.54) is 44.3 Å². The van der Waals surface area contributed by atoms with Gasteiger partial charge in [0.2, 0.25) is 0 Å². The normalized spacial score (nSPS) is 18.4. The Hall–Kier alpha value is -0.930. The maximum absolute atomic E-state index is 4.47. The van der Waals surface area contributed by atoms with Gasteiger partial charge in [-0.2, -0.15) is 0 Å². The minimum atomic E-state index is 0.470. The lowest BCUT2D eigenvalue weighted by Gasteiger charge is -2.41. The van der Waals surface area contributed by atoms with Crippen LogP contribution in [0.2, 0.25) is 0 Å². The maximum Gasteiger partial charge on any atom is 0.0543 e. The van der Waals surface area contributed by atoms with Crippen molar-refractivity contribution < 1.29 is 0 Å². The van der Waals surface area contributed by atoms with E-state index in [-0.39, 0.29) is 0 Å². The molecule has 3 nitrogen and oxygen atoms in total. The number of nitrogens with one attached hydrogen (secondary N) is 1. The molecule has 0 atom stereocenters. The molecule has 1 aliphatic rings. The van der Waals surface area contributed by atoms with Crippen LogP contribution < -0.4 is 5.32 Å². The zero-order valence-electron chi connectivity index (χ0n) is 13.1. The summed E-state index contributed by atoms with van der Waals surface area (Å²) in [5.74, 6) is 0. The molecule has 0 amide bonds. The number of hydrogen-bond donors (Lipinski definition) is 1. The van der Waals surface area contributed by atoms with E-state index in [0.29, 0.717) is 5.41 Å². The van der Waals surface area contributed by atoms with E-state index in [9.17, 15) is 0 Å². The van der Waals surface area contributed by atoms with Gasteiger partial charge in [0.15, 0.2) is 0 Å². The monoisotopic (exact) mass is 275 g/mol. The molecule has 1 aromatic rings. The van der Waals surface area contributed by atoms with Gasteiger partial charge in [0, 0.05) is 25.8 Å². The number of hydrogen-bond acceptors (Lipinski definition) is 3. The third-order valence-electron chi connectivity index (χ3n) is 4.58. The highest BCUT2D eigenvalue weighted by atomic mass is 15.1. The Balaban J connectivity index is 1.99. The first-order valence-corrected chi connectivity index (χ1v) is 8.05. The quantitative estimate of drug-likeness (QED) is 0.829. The second kappa shape index (κ2) is 7.75. The van der Waals surface area contributed by atoms with Gasteiger partial charge in [-0.25, -0.2) is 0 Å². The van der Waals surface area contributed by atoms with E-state index in [1.807, 2.05) is 12.3 Å². The zero-order valence-corrected chi connectivity index (χ0v) is 13.1. The van der Waals surface area contributed by atoms with Crippen LogP contribution in [0.3, 0.4) is 0 Å². The zero-order chi connectivity index (χ0) is 14.3. The van der Waals surface area contributed by atoms with Crippen LogP contribution in [-0.2, 0) is 6.54 Å². The van der Waals surface area contributed by atoms with Crippen LogP contribution in [0.1, 0.15) is 44.7 Å². The summed E-state index contributed by atoms with van der Waals surface area (Å²) in [5.41, 5.74) is 1.65. The Kier molecular flexibility index (Phi) is 5.99. The summed E-state index contributed by atoms with van der Waals surface area (Å²) in [4.78, 5) is 7.03. The number of nitrogens with zero attached hydrogens (tertiary/aromatic N) is 2. The van der Waals surface area contributed by atoms with Gasteiger partial charge < -0.3 is 5.32 Å². The third-order valence-corrected chi connectivity index (χ3v) is 4.58. The van der Waals surface area contributed by atoms with Crippen LogP contribution in [0.15, 0.2) is 24.4 Å². The van der Waals surface area contributed by atoms with Crippen LogP contribution in [0.5, 0.6) is 0 Å². The van der Waals surface area contributed by atoms with Crippen molar-refractivity contribution in [3.8, 4) is 0 Å². The molecule has 2 rings (SSSR count). The van der Waals surface area contributed by atoms with Crippen molar-refractivity contribution in [2.75, 3.05) is 26.7 Å². The SMILES string of the molecule is CCN(Cc1ccccn1)CC1(CNC)CCCCC1. The Morgan fingerprint density at radius 3 is 2.65 bits per heavy atom. The van der Waals surface area contributed by atoms with E-state index < -0.39 is 0 Å². The molecule has 0 aliphatic heterocycles. The van der Waals surface area contributed by atoms with Gasteiger partial charge in [0.1, 0.15) is 0 Å². The number of aromatic nitrogens is 1. The summed E-state index contributed by atoms with van der Waals surface area (Å²) >= 11 is 0. The van der Waals surface area contributed by atoms with E-state index >= 15 is 0 Å². The summed E-state index contributed by atoms with van der Waals surface area (Å²) < 4.78 is 0. The summed E-state index contributed by atoms with van der Waals surface area (Å²) in [7, 11) is 2.09. The first kappa shape index (κ1) is 15.5. The van der Waals surface area contributed by atoms with Crippen molar-refractivity contribution in [1.29, 1.82) is 0 Å². The predicted octanol–water partition coefficient (Wildman–Crippen LogP) is 3.07. The fourth-order valence-electron chi connectivity index (χ4n) is 3.54. The standard InChI is InChI=1S/C17H29N3/c1-3-20(13-16-9-5-8-12-19-16)15-17(14-18-2)10-6-4-7-11-17/h5,8-9,12,18H,3-4,6-7,10-11,13-15H2,1-2H3. The molecule has 1 aliphatic carbocycles. The van der Waals surface area contributed by atoms with Crippen molar-refractivity contribution in [2.45, 2.75) is 45.6 Å². The fraction of sp³-hybridized carbons (Fsp3) is 0.706. The minimum Gasteiger partial charge on any atom is -0.319 e. The average Bonchev–Trinajstić information content (AvgIpc) is 2.49. The molecule has 20 heavy (non-hydrogen) atoms. The van der Waals surface area contributed by atoms with Gasteiger partial charge in [0.05, 0.1) is 5.69 Å². The highest BCUT2D eigenvalue weighted by Gasteiger charge is 2.32. The molecule has 1 saturated carbocycles. The van der Waals surface area contributed by atoms with E-state index in [0.717, 1.165) is 19.6 Å². The molecule has 1 fully saturated rings. The second-order valence-corrected chi connectivity index (χ2v) is 6.22. The number of rotatable bonds is 7. The van der Waals surface area contributed by atoms with Gasteiger partial charge in [0.25, 0.3) is 0 Å². The van der Waals surface area contributed by atoms with E-state index in [4.69, 9.17) is 0 Å². The maximum atomic E-state index is 4.47. The first-order chi connectivity index (χ1) is 9.78. The highest BCUT2D eigenvalue weighted by Crippen LogP contribution is 2.36. The van der Waals surface area contributed by atoms with Crippen molar-refractivity contribution in [2.24, 2.45) is 5.41 Å². The molecule has 1 N–H and O–H groups in total. The van der Waals surface area contributed by atoms with E-state index in [2.05, 4.69) is 41.3 Å². The molecule has 0 bridgehead atoms. The Labute approximate surface area is 123 Å². The molecular formula is C17H29N3. The summed E-state index contributed by atoms with van der Waals surface area (Å²) in [6.07, 6.45) is 8.83. The van der Waals surface area contributed by atoms with Crippen LogP contribution in [0.25, 0.3) is 0 Å². The van der Waals surface area contributed by atoms with Crippen molar-refractivity contribution in [3.05, 3.63) is 30.1 Å². The van der Waals surface area contributed by atoms with Crippen LogP contribution in [0, 0.1) is 5.41 Å². The Bertz CT molecular complexity index is 366. The lowest BCUT2D eigenvalue weighted by molar-refractivity contribution is 0.102. The van der Waals surface area contributed by atoms with Crippen LogP contribution >= 0.6 is 0 Å². The molecule has 0 aromatic carbocycles. The molecule has 0 saturated heterocycles. The van der Waals surface area contributed by atoms with Crippen molar-refractivity contribution >= 4 is 0 Å².